The Morgan fingerprint density at radius 1 is 0.771 bits per heavy atom. The van der Waals surface area contributed by atoms with Crippen LogP contribution in [-0.2, 0) is 13.0 Å². The van der Waals surface area contributed by atoms with Gasteiger partial charge in [0.05, 0.1) is 41.5 Å². The van der Waals surface area contributed by atoms with Gasteiger partial charge < -0.3 is 4.90 Å². The zero-order chi connectivity index (χ0) is 24.4. The number of fused-ring (bicyclic) bond motifs is 3. The van der Waals surface area contributed by atoms with E-state index in [1.54, 1.807) is 36.0 Å². The molecule has 0 saturated heterocycles. The molecule has 0 N–H and O–H groups in total. The molecule has 0 radical (unpaired) electrons. The van der Waals surface area contributed by atoms with Crippen LogP contribution in [0.1, 0.15) is 64.4 Å². The van der Waals surface area contributed by atoms with Crippen LogP contribution in [0.4, 0.5) is 11.4 Å². The van der Waals surface area contributed by atoms with Gasteiger partial charge >= 0.3 is 0 Å². The molecule has 0 fully saturated rings. The fourth-order valence-corrected chi connectivity index (χ4v) is 6.18. The largest absolute Gasteiger partial charge is 0.340 e. The van der Waals surface area contributed by atoms with Crippen LogP contribution in [0.25, 0.3) is 0 Å². The lowest BCUT2D eigenvalue weighted by Gasteiger charge is -2.35. The minimum absolute atomic E-state index is 0.224. The van der Waals surface area contributed by atoms with Gasteiger partial charge in [-0.2, -0.15) is 5.26 Å². The van der Waals surface area contributed by atoms with Gasteiger partial charge in [-0.1, -0.05) is 74.3 Å². The summed E-state index contributed by atoms with van der Waals surface area (Å²) in [5.41, 5.74) is 5.11. The van der Waals surface area contributed by atoms with Crippen LogP contribution in [0.5, 0.6) is 0 Å². The van der Waals surface area contributed by atoms with E-state index in [0.29, 0.717) is 17.5 Å². The second-order valence-electron chi connectivity index (χ2n) is 8.92. The number of anilines is 2. The number of unbranched alkanes of at least 4 members (excludes halogenated alkanes) is 3. The van der Waals surface area contributed by atoms with Gasteiger partial charge in [-0.05, 0) is 41.8 Å². The zero-order valence-corrected chi connectivity index (χ0v) is 20.6. The molecule has 6 heteroatoms. The molecule has 0 aliphatic carbocycles. The number of amides is 2. The summed E-state index contributed by atoms with van der Waals surface area (Å²) in [5, 5.41) is 9.42. The molecule has 2 aliphatic rings. The monoisotopic (exact) mass is 481 g/mol. The molecule has 2 aliphatic heterocycles. The molecular weight excluding hydrogens is 454 g/mol. The average molecular weight is 482 g/mol. The maximum Gasteiger partial charge on any atom is 0.261 e. The van der Waals surface area contributed by atoms with Crippen LogP contribution in [0.3, 0.4) is 0 Å². The van der Waals surface area contributed by atoms with E-state index in [1.807, 2.05) is 24.3 Å². The van der Waals surface area contributed by atoms with Crippen molar-refractivity contribution in [2.45, 2.75) is 55.4 Å². The Bertz CT molecular complexity index is 1310. The molecule has 176 valence electrons. The van der Waals surface area contributed by atoms with Crippen molar-refractivity contribution in [3.63, 3.8) is 0 Å². The third kappa shape index (κ3) is 4.21. The SMILES string of the molecule is CCCCCCN1c2cccc(CC#N)c2Sc2c(CN3C(=O)c4ccccc4C3=O)cccc21. The lowest BCUT2D eigenvalue weighted by molar-refractivity contribution is 0.0641. The highest BCUT2D eigenvalue weighted by Crippen LogP contribution is 2.51. The van der Waals surface area contributed by atoms with Crippen molar-refractivity contribution in [3.8, 4) is 6.07 Å². The third-order valence-corrected chi connectivity index (χ3v) is 8.00. The Kier molecular flexibility index (Phi) is 6.61. The van der Waals surface area contributed by atoms with Gasteiger partial charge in [0.15, 0.2) is 0 Å². The first-order chi connectivity index (χ1) is 17.1. The van der Waals surface area contributed by atoms with Gasteiger partial charge in [0.25, 0.3) is 11.8 Å². The van der Waals surface area contributed by atoms with E-state index in [9.17, 15) is 14.9 Å². The zero-order valence-electron chi connectivity index (χ0n) is 19.8. The van der Waals surface area contributed by atoms with Crippen LogP contribution < -0.4 is 4.90 Å². The summed E-state index contributed by atoms with van der Waals surface area (Å²) in [4.78, 5) is 31.9. The molecule has 0 saturated carbocycles. The van der Waals surface area contributed by atoms with E-state index in [4.69, 9.17) is 0 Å². The van der Waals surface area contributed by atoms with Crippen LogP contribution >= 0.6 is 11.8 Å². The molecule has 0 bridgehead atoms. The molecule has 5 nitrogen and oxygen atoms in total. The quantitative estimate of drug-likeness (QED) is 0.264. The number of nitrogens with zero attached hydrogens (tertiary/aromatic N) is 3. The van der Waals surface area contributed by atoms with Crippen molar-refractivity contribution in [1.82, 2.24) is 4.90 Å². The predicted octanol–water partition coefficient (Wildman–Crippen LogP) is 6.73. The van der Waals surface area contributed by atoms with Gasteiger partial charge in [0.2, 0.25) is 0 Å². The van der Waals surface area contributed by atoms with Crippen LogP contribution in [0.15, 0.2) is 70.5 Å². The maximum absolute atomic E-state index is 13.0. The Morgan fingerprint density at radius 3 is 2.03 bits per heavy atom. The summed E-state index contributed by atoms with van der Waals surface area (Å²) >= 11 is 1.65. The molecule has 0 spiro atoms. The molecular formula is C29H27N3O2S. The summed E-state index contributed by atoms with van der Waals surface area (Å²) < 4.78 is 0. The third-order valence-electron chi connectivity index (χ3n) is 6.65. The summed E-state index contributed by atoms with van der Waals surface area (Å²) in [5.74, 6) is -0.489. The van der Waals surface area contributed by atoms with Crippen LogP contribution in [0, 0.1) is 11.3 Å². The summed E-state index contributed by atoms with van der Waals surface area (Å²) in [6.45, 7) is 3.32. The van der Waals surface area contributed by atoms with Gasteiger partial charge in [-0.25, -0.2) is 0 Å². The first-order valence-electron chi connectivity index (χ1n) is 12.2. The van der Waals surface area contributed by atoms with Crippen molar-refractivity contribution in [3.05, 3.63) is 82.9 Å². The molecule has 3 aromatic rings. The minimum atomic E-state index is -0.244. The van der Waals surface area contributed by atoms with E-state index < -0.39 is 0 Å². The molecule has 2 heterocycles. The highest BCUT2D eigenvalue weighted by Gasteiger charge is 2.36. The normalized spacial score (nSPS) is 13.9. The first kappa shape index (κ1) is 23.2. The lowest BCUT2D eigenvalue weighted by atomic mass is 10.1. The van der Waals surface area contributed by atoms with E-state index >= 15 is 0 Å². The van der Waals surface area contributed by atoms with Gasteiger partial charge in [-0.3, -0.25) is 14.5 Å². The predicted molar refractivity (Wildman–Crippen MR) is 138 cm³/mol. The molecule has 0 atom stereocenters. The number of carbonyl (C=O) groups is 2. The van der Waals surface area contributed by atoms with E-state index in [0.717, 1.165) is 51.7 Å². The van der Waals surface area contributed by atoms with Crippen LogP contribution in [-0.4, -0.2) is 23.3 Å². The van der Waals surface area contributed by atoms with Crippen molar-refractivity contribution < 1.29 is 9.59 Å². The Morgan fingerprint density at radius 2 is 1.40 bits per heavy atom. The number of benzene rings is 3. The molecule has 5 rings (SSSR count). The first-order valence-corrected chi connectivity index (χ1v) is 13.0. The Balaban J connectivity index is 1.52. The highest BCUT2D eigenvalue weighted by molar-refractivity contribution is 7.99. The summed E-state index contributed by atoms with van der Waals surface area (Å²) in [6.07, 6.45) is 4.96. The number of hydrogen-bond donors (Lipinski definition) is 0. The minimum Gasteiger partial charge on any atom is -0.340 e. The fraction of sp³-hybridized carbons (Fsp3) is 0.276. The number of carbonyl (C=O) groups excluding carboxylic acids is 2. The maximum atomic E-state index is 13.0. The van der Waals surface area contributed by atoms with Gasteiger partial charge in [-0.15, -0.1) is 0 Å². The lowest BCUT2D eigenvalue weighted by Crippen LogP contribution is -2.30. The number of rotatable bonds is 8. The average Bonchev–Trinajstić information content (AvgIpc) is 3.12. The van der Waals surface area contributed by atoms with Crippen LogP contribution in [0.2, 0.25) is 0 Å². The fourth-order valence-electron chi connectivity index (χ4n) is 4.87. The molecule has 0 aromatic heterocycles. The van der Waals surface area contributed by atoms with Crippen molar-refractivity contribution in [2.24, 2.45) is 0 Å². The molecule has 35 heavy (non-hydrogen) atoms. The number of imide groups is 1. The van der Waals surface area contributed by atoms with Gasteiger partial charge in [0, 0.05) is 16.3 Å². The summed E-state index contributed by atoms with van der Waals surface area (Å²) in [7, 11) is 0. The second kappa shape index (κ2) is 9.97. The van der Waals surface area contributed by atoms with E-state index in [-0.39, 0.29) is 18.4 Å². The van der Waals surface area contributed by atoms with E-state index in [2.05, 4.69) is 30.0 Å². The molecule has 3 aromatic carbocycles. The topological polar surface area (TPSA) is 64.4 Å². The molecule has 0 unspecified atom stereocenters. The van der Waals surface area contributed by atoms with E-state index in [1.165, 1.54) is 17.7 Å². The second-order valence-corrected chi connectivity index (χ2v) is 9.94. The number of nitriles is 1. The van der Waals surface area contributed by atoms with Crippen molar-refractivity contribution in [1.29, 1.82) is 5.26 Å². The van der Waals surface area contributed by atoms with Crippen molar-refractivity contribution in [2.75, 3.05) is 11.4 Å². The highest BCUT2D eigenvalue weighted by atomic mass is 32.2. The van der Waals surface area contributed by atoms with Crippen molar-refractivity contribution >= 4 is 35.0 Å². The standard InChI is InChI=1S/C29H27N3O2S/c1-2-3-4-7-18-31-24-14-8-10-20(16-17-30)26(24)35-27-21(11-9-15-25(27)31)19-32-28(33)22-12-5-6-13-23(22)29(32)34/h5-6,8-15H,2-4,7,16,18-19H2,1H3. The smallest absolute Gasteiger partial charge is 0.261 e. The summed E-state index contributed by atoms with van der Waals surface area (Å²) in [6, 6.07) is 21.6. The Labute approximate surface area is 210 Å². The molecule has 2 amide bonds. The van der Waals surface area contributed by atoms with Gasteiger partial charge in [0.1, 0.15) is 0 Å². The Hall–Kier alpha value is -3.56. The number of hydrogen-bond acceptors (Lipinski definition) is 5.